The van der Waals surface area contributed by atoms with Crippen LogP contribution in [0.25, 0.3) is 0 Å². The lowest BCUT2D eigenvalue weighted by Crippen LogP contribution is -2.50. The number of fused-ring (bicyclic) bond motifs is 1. The highest BCUT2D eigenvalue weighted by molar-refractivity contribution is 5.94. The third-order valence-corrected chi connectivity index (χ3v) is 5.86. The van der Waals surface area contributed by atoms with Gasteiger partial charge >= 0.3 is 0 Å². The van der Waals surface area contributed by atoms with Gasteiger partial charge in [0.1, 0.15) is 5.75 Å². The van der Waals surface area contributed by atoms with Crippen LogP contribution in [0.3, 0.4) is 0 Å². The third kappa shape index (κ3) is 5.50. The molecule has 1 saturated heterocycles. The Morgan fingerprint density at radius 1 is 1.00 bits per heavy atom. The summed E-state index contributed by atoms with van der Waals surface area (Å²) in [6.07, 6.45) is 1.24. The van der Waals surface area contributed by atoms with E-state index in [0.717, 1.165) is 50.5 Å². The molecule has 32 heavy (non-hydrogen) atoms. The summed E-state index contributed by atoms with van der Waals surface area (Å²) in [5.41, 5.74) is 1.69. The summed E-state index contributed by atoms with van der Waals surface area (Å²) in [4.78, 5) is 29.1. The predicted molar refractivity (Wildman–Crippen MR) is 119 cm³/mol. The van der Waals surface area contributed by atoms with Crippen LogP contribution in [0.4, 0.5) is 0 Å². The molecule has 0 saturated carbocycles. The van der Waals surface area contributed by atoms with Crippen LogP contribution in [0, 0.1) is 0 Å². The van der Waals surface area contributed by atoms with Crippen molar-refractivity contribution in [1.29, 1.82) is 0 Å². The Hall–Kier alpha value is -3.26. The van der Waals surface area contributed by atoms with Gasteiger partial charge in [0, 0.05) is 51.3 Å². The molecule has 1 N–H and O–H groups in total. The van der Waals surface area contributed by atoms with Gasteiger partial charge in [-0.25, -0.2) is 0 Å². The minimum atomic E-state index is -0.129. The van der Waals surface area contributed by atoms with Crippen molar-refractivity contribution < 1.29 is 23.8 Å². The smallest absolute Gasteiger partial charge is 0.251 e. The fraction of sp³-hybridized carbons (Fsp3) is 0.417. The third-order valence-electron chi connectivity index (χ3n) is 5.86. The number of ether oxygens (including phenoxy) is 3. The number of methoxy groups -OCH3 is 1. The van der Waals surface area contributed by atoms with Crippen molar-refractivity contribution in [3.8, 4) is 17.2 Å². The van der Waals surface area contributed by atoms with Crippen LogP contribution in [0.15, 0.2) is 42.5 Å². The molecule has 0 bridgehead atoms. The van der Waals surface area contributed by atoms with Crippen LogP contribution in [-0.4, -0.2) is 74.8 Å². The number of amides is 2. The minimum Gasteiger partial charge on any atom is -0.497 e. The molecule has 2 aliphatic rings. The summed E-state index contributed by atoms with van der Waals surface area (Å²) in [6, 6.07) is 13.0. The van der Waals surface area contributed by atoms with E-state index in [0.29, 0.717) is 30.0 Å². The molecule has 0 atom stereocenters. The largest absolute Gasteiger partial charge is 0.497 e. The van der Waals surface area contributed by atoms with E-state index in [4.69, 9.17) is 14.2 Å². The lowest BCUT2D eigenvalue weighted by atomic mass is 10.1. The first-order valence-electron chi connectivity index (χ1n) is 10.9. The van der Waals surface area contributed by atoms with Gasteiger partial charge in [-0.05, 0) is 42.3 Å². The SMILES string of the molecule is COc1ccc(CCC(=O)N2CCN(CCNC(=O)c3ccc4c(c3)OCO4)CC2)cc1. The second kappa shape index (κ2) is 10.4. The molecule has 0 radical (unpaired) electrons. The molecular formula is C24H29N3O5. The molecule has 0 unspecified atom stereocenters. The molecule has 8 heteroatoms. The van der Waals surface area contributed by atoms with E-state index in [9.17, 15) is 9.59 Å². The molecule has 2 aromatic rings. The van der Waals surface area contributed by atoms with E-state index in [1.165, 1.54) is 0 Å². The van der Waals surface area contributed by atoms with Crippen LogP contribution in [0.5, 0.6) is 17.2 Å². The maximum absolute atomic E-state index is 12.5. The zero-order valence-electron chi connectivity index (χ0n) is 18.3. The van der Waals surface area contributed by atoms with Gasteiger partial charge in [0.25, 0.3) is 5.91 Å². The minimum absolute atomic E-state index is 0.129. The zero-order valence-corrected chi connectivity index (χ0v) is 18.3. The Bertz CT molecular complexity index is 939. The van der Waals surface area contributed by atoms with Gasteiger partial charge in [-0.1, -0.05) is 12.1 Å². The second-order valence-corrected chi connectivity index (χ2v) is 7.89. The monoisotopic (exact) mass is 439 g/mol. The molecule has 2 aromatic carbocycles. The quantitative estimate of drug-likeness (QED) is 0.677. The molecule has 4 rings (SSSR count). The van der Waals surface area contributed by atoms with E-state index in [2.05, 4.69) is 10.2 Å². The number of aryl methyl sites for hydroxylation is 1. The van der Waals surface area contributed by atoms with Crippen molar-refractivity contribution >= 4 is 11.8 Å². The van der Waals surface area contributed by atoms with Gasteiger partial charge in [-0.15, -0.1) is 0 Å². The van der Waals surface area contributed by atoms with Crippen molar-refractivity contribution in [2.24, 2.45) is 0 Å². The Kier molecular flexibility index (Phi) is 7.11. The molecule has 1 fully saturated rings. The van der Waals surface area contributed by atoms with Gasteiger partial charge in [0.05, 0.1) is 7.11 Å². The number of benzene rings is 2. The topological polar surface area (TPSA) is 80.3 Å². The summed E-state index contributed by atoms with van der Waals surface area (Å²) in [7, 11) is 1.64. The Balaban J connectivity index is 1.14. The first-order chi connectivity index (χ1) is 15.6. The normalized spacial score (nSPS) is 15.5. The molecule has 8 nitrogen and oxygen atoms in total. The van der Waals surface area contributed by atoms with Crippen molar-refractivity contribution in [2.75, 3.05) is 53.2 Å². The standard InChI is InChI=1S/C24H29N3O5/c1-30-20-6-2-18(3-7-20)4-9-23(28)27-14-12-26(13-15-27)11-10-25-24(29)19-5-8-21-22(16-19)32-17-31-21/h2-3,5-8,16H,4,9-15,17H2,1H3,(H,25,29). The fourth-order valence-corrected chi connectivity index (χ4v) is 3.89. The van der Waals surface area contributed by atoms with E-state index >= 15 is 0 Å². The zero-order chi connectivity index (χ0) is 22.3. The predicted octanol–water partition coefficient (Wildman–Crippen LogP) is 1.93. The Morgan fingerprint density at radius 3 is 2.50 bits per heavy atom. The van der Waals surface area contributed by atoms with E-state index in [-0.39, 0.29) is 18.6 Å². The average Bonchev–Trinajstić information content (AvgIpc) is 3.31. The van der Waals surface area contributed by atoms with Gasteiger partial charge in [-0.3, -0.25) is 14.5 Å². The fourth-order valence-electron chi connectivity index (χ4n) is 3.89. The molecular weight excluding hydrogens is 410 g/mol. The average molecular weight is 440 g/mol. The maximum Gasteiger partial charge on any atom is 0.251 e. The van der Waals surface area contributed by atoms with Crippen LogP contribution in [-0.2, 0) is 11.2 Å². The van der Waals surface area contributed by atoms with Crippen LogP contribution < -0.4 is 19.5 Å². The highest BCUT2D eigenvalue weighted by Gasteiger charge is 2.21. The van der Waals surface area contributed by atoms with Crippen molar-refractivity contribution in [2.45, 2.75) is 12.8 Å². The lowest BCUT2D eigenvalue weighted by Gasteiger charge is -2.34. The number of hydrogen-bond donors (Lipinski definition) is 1. The van der Waals surface area contributed by atoms with E-state index in [1.54, 1.807) is 25.3 Å². The highest BCUT2D eigenvalue weighted by Crippen LogP contribution is 2.32. The molecule has 0 aromatic heterocycles. The number of piperazine rings is 1. The first-order valence-corrected chi connectivity index (χ1v) is 10.9. The van der Waals surface area contributed by atoms with E-state index < -0.39 is 0 Å². The van der Waals surface area contributed by atoms with E-state index in [1.807, 2.05) is 29.2 Å². The highest BCUT2D eigenvalue weighted by atomic mass is 16.7. The molecule has 2 aliphatic heterocycles. The summed E-state index contributed by atoms with van der Waals surface area (Å²) in [5, 5.41) is 2.95. The molecule has 0 spiro atoms. The number of carbonyl (C=O) groups excluding carboxylic acids is 2. The molecule has 2 heterocycles. The summed E-state index contributed by atoms with van der Waals surface area (Å²) in [5.74, 6) is 2.15. The van der Waals surface area contributed by atoms with Gasteiger partial charge < -0.3 is 24.4 Å². The van der Waals surface area contributed by atoms with Crippen molar-refractivity contribution in [3.63, 3.8) is 0 Å². The van der Waals surface area contributed by atoms with Crippen LogP contribution in [0.1, 0.15) is 22.3 Å². The molecule has 170 valence electrons. The summed E-state index contributed by atoms with van der Waals surface area (Å²) < 4.78 is 15.8. The number of rotatable bonds is 8. The summed E-state index contributed by atoms with van der Waals surface area (Å²) in [6.45, 7) is 4.57. The number of nitrogens with zero attached hydrogens (tertiary/aromatic N) is 2. The Morgan fingerprint density at radius 2 is 1.75 bits per heavy atom. The second-order valence-electron chi connectivity index (χ2n) is 7.89. The van der Waals surface area contributed by atoms with Gasteiger partial charge in [0.2, 0.25) is 12.7 Å². The van der Waals surface area contributed by atoms with Crippen LogP contribution in [0.2, 0.25) is 0 Å². The number of nitrogens with one attached hydrogen (secondary N) is 1. The van der Waals surface area contributed by atoms with Gasteiger partial charge in [0.15, 0.2) is 11.5 Å². The number of carbonyl (C=O) groups is 2. The van der Waals surface area contributed by atoms with Crippen molar-refractivity contribution in [1.82, 2.24) is 15.1 Å². The molecule has 0 aliphatic carbocycles. The Labute approximate surface area is 188 Å². The van der Waals surface area contributed by atoms with Crippen LogP contribution >= 0.6 is 0 Å². The maximum atomic E-state index is 12.5. The number of hydrogen-bond acceptors (Lipinski definition) is 6. The first kappa shape index (κ1) is 22.0. The summed E-state index contributed by atoms with van der Waals surface area (Å²) >= 11 is 0. The molecule has 2 amide bonds. The van der Waals surface area contributed by atoms with Gasteiger partial charge in [-0.2, -0.15) is 0 Å². The van der Waals surface area contributed by atoms with Crippen molar-refractivity contribution in [3.05, 3.63) is 53.6 Å². The lowest BCUT2D eigenvalue weighted by molar-refractivity contribution is -0.132.